The van der Waals surface area contributed by atoms with Crippen LogP contribution in [0, 0.1) is 5.92 Å². The minimum atomic E-state index is -0.896. The second kappa shape index (κ2) is 5.27. The summed E-state index contributed by atoms with van der Waals surface area (Å²) in [6.07, 6.45) is 0.897. The van der Waals surface area contributed by atoms with E-state index >= 15 is 0 Å². The first-order valence-corrected chi connectivity index (χ1v) is 5.61. The van der Waals surface area contributed by atoms with Crippen LogP contribution in [0.3, 0.4) is 0 Å². The van der Waals surface area contributed by atoms with Gasteiger partial charge in [0.05, 0.1) is 19.1 Å². The summed E-state index contributed by atoms with van der Waals surface area (Å²) < 4.78 is 22.3. The molecule has 2 rings (SSSR count). The van der Waals surface area contributed by atoms with Gasteiger partial charge in [-0.15, -0.1) is 0 Å². The van der Waals surface area contributed by atoms with E-state index in [4.69, 9.17) is 9.47 Å². The third-order valence-electron chi connectivity index (χ3n) is 3.20. The molecular formula is C13H15FO3. The summed E-state index contributed by atoms with van der Waals surface area (Å²) in [5.41, 5.74) is 2.01. The molecule has 1 aromatic carbocycles. The molecule has 1 aliphatic carbocycles. The fourth-order valence-corrected chi connectivity index (χ4v) is 2.39. The molecule has 0 spiro atoms. The first-order valence-electron chi connectivity index (χ1n) is 5.61. The molecule has 1 aromatic rings. The van der Waals surface area contributed by atoms with Crippen LogP contribution in [0.5, 0.6) is 0 Å². The standard InChI is InChI=1S/C13H15FO3/c1-16-13(15)11-7-6-9-4-2-3-5-10(9)12(11)17-8-14/h2-5,11-12H,6-8H2,1H3. The van der Waals surface area contributed by atoms with Gasteiger partial charge in [-0.1, -0.05) is 24.3 Å². The quantitative estimate of drug-likeness (QED) is 0.758. The average molecular weight is 238 g/mol. The first kappa shape index (κ1) is 12.0. The van der Waals surface area contributed by atoms with E-state index in [-0.39, 0.29) is 5.97 Å². The number of carbonyl (C=O) groups excluding carboxylic acids is 1. The average Bonchev–Trinajstić information content (AvgIpc) is 2.38. The largest absolute Gasteiger partial charge is 0.469 e. The lowest BCUT2D eigenvalue weighted by molar-refractivity contribution is -0.154. The number of rotatable bonds is 3. The highest BCUT2D eigenvalue weighted by Crippen LogP contribution is 2.37. The van der Waals surface area contributed by atoms with Crippen molar-refractivity contribution in [3.63, 3.8) is 0 Å². The molecule has 0 radical (unpaired) electrons. The zero-order valence-electron chi connectivity index (χ0n) is 9.69. The van der Waals surface area contributed by atoms with Crippen molar-refractivity contribution in [1.82, 2.24) is 0 Å². The van der Waals surface area contributed by atoms with Gasteiger partial charge < -0.3 is 9.47 Å². The van der Waals surface area contributed by atoms with Crippen molar-refractivity contribution in [1.29, 1.82) is 0 Å². The lowest BCUT2D eigenvalue weighted by Crippen LogP contribution is -2.30. The predicted octanol–water partition coefficient (Wildman–Crippen LogP) is 2.41. The maximum Gasteiger partial charge on any atom is 0.311 e. The Morgan fingerprint density at radius 2 is 2.24 bits per heavy atom. The smallest absolute Gasteiger partial charge is 0.311 e. The molecule has 2 unspecified atom stereocenters. The zero-order chi connectivity index (χ0) is 12.3. The molecule has 3 nitrogen and oxygen atoms in total. The molecule has 4 heteroatoms. The number of benzene rings is 1. The summed E-state index contributed by atoms with van der Waals surface area (Å²) in [4.78, 5) is 11.6. The number of hydrogen-bond donors (Lipinski definition) is 0. The third kappa shape index (κ3) is 2.31. The van der Waals surface area contributed by atoms with Crippen LogP contribution < -0.4 is 0 Å². The van der Waals surface area contributed by atoms with Crippen LogP contribution in [0.25, 0.3) is 0 Å². The van der Waals surface area contributed by atoms with Crippen molar-refractivity contribution in [2.75, 3.05) is 14.0 Å². The van der Waals surface area contributed by atoms with E-state index in [1.165, 1.54) is 7.11 Å². The number of ether oxygens (including phenoxy) is 2. The Balaban J connectivity index is 2.32. The van der Waals surface area contributed by atoms with E-state index in [2.05, 4.69) is 0 Å². The molecular weight excluding hydrogens is 223 g/mol. The number of methoxy groups -OCH3 is 1. The molecule has 2 atom stereocenters. The molecule has 0 fully saturated rings. The summed E-state index contributed by atoms with van der Waals surface area (Å²) >= 11 is 0. The number of alkyl halides is 1. The van der Waals surface area contributed by atoms with Crippen LogP contribution >= 0.6 is 0 Å². The predicted molar refractivity (Wildman–Crippen MR) is 60.1 cm³/mol. The lowest BCUT2D eigenvalue weighted by Gasteiger charge is -2.30. The molecule has 0 amide bonds. The van der Waals surface area contributed by atoms with Crippen molar-refractivity contribution in [3.05, 3.63) is 35.4 Å². The highest BCUT2D eigenvalue weighted by atomic mass is 19.1. The van der Waals surface area contributed by atoms with Crippen molar-refractivity contribution < 1.29 is 18.7 Å². The second-order valence-electron chi connectivity index (χ2n) is 4.06. The highest BCUT2D eigenvalue weighted by molar-refractivity contribution is 5.74. The Hall–Kier alpha value is -1.42. The minimum absolute atomic E-state index is 0.335. The molecule has 17 heavy (non-hydrogen) atoms. The molecule has 0 N–H and O–H groups in total. The molecule has 1 aliphatic rings. The third-order valence-corrected chi connectivity index (χ3v) is 3.20. The summed E-state index contributed by atoms with van der Waals surface area (Å²) in [7, 11) is 1.34. The molecule has 0 heterocycles. The molecule has 0 aromatic heterocycles. The van der Waals surface area contributed by atoms with E-state index in [1.807, 2.05) is 24.3 Å². The monoisotopic (exact) mass is 238 g/mol. The highest BCUT2D eigenvalue weighted by Gasteiger charge is 2.35. The molecule has 0 aliphatic heterocycles. The SMILES string of the molecule is COC(=O)C1CCc2ccccc2C1OCF. The Kier molecular flexibility index (Phi) is 3.74. The van der Waals surface area contributed by atoms with Crippen LogP contribution in [-0.2, 0) is 20.7 Å². The van der Waals surface area contributed by atoms with Gasteiger partial charge in [0.25, 0.3) is 0 Å². The van der Waals surface area contributed by atoms with Crippen LogP contribution in [0.2, 0.25) is 0 Å². The number of aryl methyl sites for hydroxylation is 1. The Bertz CT molecular complexity index is 405. The summed E-state index contributed by atoms with van der Waals surface area (Å²) in [6.45, 7) is -0.896. The van der Waals surface area contributed by atoms with Gasteiger partial charge in [0.1, 0.15) is 0 Å². The second-order valence-corrected chi connectivity index (χ2v) is 4.06. The maximum atomic E-state index is 12.4. The van der Waals surface area contributed by atoms with Gasteiger partial charge in [0.15, 0.2) is 6.86 Å². The van der Waals surface area contributed by atoms with Gasteiger partial charge in [-0.3, -0.25) is 4.79 Å². The van der Waals surface area contributed by atoms with Crippen LogP contribution in [0.4, 0.5) is 4.39 Å². The van der Waals surface area contributed by atoms with Gasteiger partial charge >= 0.3 is 5.97 Å². The normalized spacial score (nSPS) is 22.9. The maximum absolute atomic E-state index is 12.4. The van der Waals surface area contributed by atoms with Gasteiger partial charge in [-0.2, -0.15) is 0 Å². The first-order chi connectivity index (χ1) is 8.27. The fourth-order valence-electron chi connectivity index (χ4n) is 2.39. The number of esters is 1. The van der Waals surface area contributed by atoms with Crippen LogP contribution in [0.15, 0.2) is 24.3 Å². The van der Waals surface area contributed by atoms with E-state index in [1.54, 1.807) is 0 Å². The topological polar surface area (TPSA) is 35.5 Å². The van der Waals surface area contributed by atoms with E-state index in [9.17, 15) is 9.18 Å². The van der Waals surface area contributed by atoms with Gasteiger partial charge in [0.2, 0.25) is 0 Å². The number of fused-ring (bicyclic) bond motifs is 1. The Morgan fingerprint density at radius 1 is 1.47 bits per heavy atom. The zero-order valence-corrected chi connectivity index (χ0v) is 9.69. The Morgan fingerprint density at radius 3 is 2.94 bits per heavy atom. The lowest BCUT2D eigenvalue weighted by atomic mass is 9.81. The van der Waals surface area contributed by atoms with Crippen molar-refractivity contribution in [2.45, 2.75) is 18.9 Å². The van der Waals surface area contributed by atoms with E-state index < -0.39 is 18.9 Å². The van der Waals surface area contributed by atoms with Gasteiger partial charge in [0, 0.05) is 0 Å². The van der Waals surface area contributed by atoms with Gasteiger partial charge in [-0.05, 0) is 24.0 Å². The molecule has 92 valence electrons. The van der Waals surface area contributed by atoms with Crippen molar-refractivity contribution in [3.8, 4) is 0 Å². The van der Waals surface area contributed by atoms with Crippen LogP contribution in [0.1, 0.15) is 23.7 Å². The fraction of sp³-hybridized carbons (Fsp3) is 0.462. The molecule has 0 saturated heterocycles. The summed E-state index contributed by atoms with van der Waals surface area (Å²) in [5.74, 6) is -0.747. The number of halogens is 1. The minimum Gasteiger partial charge on any atom is -0.469 e. The van der Waals surface area contributed by atoms with Crippen molar-refractivity contribution >= 4 is 5.97 Å². The molecule has 0 saturated carbocycles. The Labute approximate surface area is 99.5 Å². The van der Waals surface area contributed by atoms with Crippen LogP contribution in [-0.4, -0.2) is 19.9 Å². The summed E-state index contributed by atoms with van der Waals surface area (Å²) in [5, 5.41) is 0. The van der Waals surface area contributed by atoms with E-state index in [0.717, 1.165) is 17.5 Å². The summed E-state index contributed by atoms with van der Waals surface area (Å²) in [6, 6.07) is 7.67. The van der Waals surface area contributed by atoms with Gasteiger partial charge in [-0.25, -0.2) is 4.39 Å². The number of hydrogen-bond acceptors (Lipinski definition) is 3. The van der Waals surface area contributed by atoms with Crippen molar-refractivity contribution in [2.24, 2.45) is 5.92 Å². The van der Waals surface area contributed by atoms with E-state index in [0.29, 0.717) is 6.42 Å². The molecule has 0 bridgehead atoms. The number of carbonyl (C=O) groups is 1.